The van der Waals surface area contributed by atoms with Gasteiger partial charge in [-0.3, -0.25) is 4.99 Å². The van der Waals surface area contributed by atoms with Crippen LogP contribution in [0.4, 0.5) is 5.69 Å². The van der Waals surface area contributed by atoms with E-state index in [0.29, 0.717) is 6.04 Å². The van der Waals surface area contributed by atoms with E-state index in [0.717, 1.165) is 61.7 Å². The molecule has 3 rings (SSSR count). The summed E-state index contributed by atoms with van der Waals surface area (Å²) in [4.78, 5) is 11.1. The van der Waals surface area contributed by atoms with Crippen molar-refractivity contribution in [2.75, 3.05) is 31.6 Å². The number of nitrogens with one attached hydrogen (secondary N) is 2. The van der Waals surface area contributed by atoms with Gasteiger partial charge in [-0.1, -0.05) is 12.1 Å². The number of halogens is 1. The van der Waals surface area contributed by atoms with Crippen LogP contribution in [0, 0.1) is 6.92 Å². The molecule has 2 N–H and O–H groups in total. The topological polar surface area (TPSA) is 57.5 Å². The summed E-state index contributed by atoms with van der Waals surface area (Å²) in [6, 6.07) is 8.83. The van der Waals surface area contributed by atoms with Crippen LogP contribution in [0.25, 0.3) is 0 Å². The van der Waals surface area contributed by atoms with Crippen molar-refractivity contribution in [3.05, 3.63) is 47.0 Å². The van der Waals surface area contributed by atoms with Gasteiger partial charge in [-0.15, -0.1) is 0 Å². The van der Waals surface area contributed by atoms with E-state index in [9.17, 15) is 0 Å². The molecule has 1 aromatic heterocycles. The van der Waals surface area contributed by atoms with Crippen LogP contribution in [0.15, 0.2) is 46.1 Å². The van der Waals surface area contributed by atoms with Crippen LogP contribution in [0.2, 0.25) is 0 Å². The Balaban J connectivity index is 1.38. The maximum Gasteiger partial charge on any atom is 0.191 e. The van der Waals surface area contributed by atoms with Crippen molar-refractivity contribution in [3.8, 4) is 0 Å². The summed E-state index contributed by atoms with van der Waals surface area (Å²) in [7, 11) is 1.84. The molecule has 1 fully saturated rings. The number of aryl methyl sites for hydroxylation is 2. The Morgan fingerprint density at radius 1 is 1.33 bits per heavy atom. The summed E-state index contributed by atoms with van der Waals surface area (Å²) in [5, 5.41) is 7.01. The first-order chi connectivity index (χ1) is 13.2. The van der Waals surface area contributed by atoms with Crippen molar-refractivity contribution in [3.63, 3.8) is 0 Å². The lowest BCUT2D eigenvalue weighted by Crippen LogP contribution is -2.44. The Kier molecular flexibility index (Phi) is 7.15. The number of hydrogen-bond donors (Lipinski definition) is 2. The summed E-state index contributed by atoms with van der Waals surface area (Å²) in [5.74, 6) is 1.98. The Bertz CT molecular complexity index is 756. The van der Waals surface area contributed by atoms with Gasteiger partial charge in [0.1, 0.15) is 5.82 Å². The monoisotopic (exact) mass is 432 g/mol. The highest BCUT2D eigenvalue weighted by atomic mass is 79.9. The molecule has 1 aromatic carbocycles. The molecule has 1 aliphatic rings. The third kappa shape index (κ3) is 5.48. The van der Waals surface area contributed by atoms with Crippen molar-refractivity contribution < 1.29 is 0 Å². The molecule has 0 aliphatic carbocycles. The number of imidazole rings is 1. The first-order valence-electron chi connectivity index (χ1n) is 9.62. The number of rotatable bonds is 7. The molecule has 1 unspecified atom stereocenters. The zero-order chi connectivity index (χ0) is 19.1. The van der Waals surface area contributed by atoms with Crippen LogP contribution in [0.3, 0.4) is 0 Å². The predicted molar refractivity (Wildman–Crippen MR) is 115 cm³/mol. The summed E-state index contributed by atoms with van der Waals surface area (Å²) < 4.78 is 3.35. The van der Waals surface area contributed by atoms with E-state index in [4.69, 9.17) is 0 Å². The molecule has 0 spiro atoms. The highest BCUT2D eigenvalue weighted by molar-refractivity contribution is 9.10. The Morgan fingerprint density at radius 2 is 2.19 bits per heavy atom. The molecule has 6 nitrogen and oxygen atoms in total. The van der Waals surface area contributed by atoms with Gasteiger partial charge in [-0.25, -0.2) is 4.98 Å². The quantitative estimate of drug-likeness (QED) is 0.400. The number of hydrogen-bond acceptors (Lipinski definition) is 3. The standard InChI is InChI=1S/C20H29BrN6/c1-16-23-11-14-26(16)12-6-5-10-24-20(22-2)25-17-9-13-27(15-17)19-8-4-3-7-18(19)21/h3-4,7-8,11,14,17H,5-6,9-10,12-13,15H2,1-2H3,(H2,22,24,25). The minimum Gasteiger partial charge on any atom is -0.368 e. The minimum atomic E-state index is 0.414. The molecular weight excluding hydrogens is 404 g/mol. The number of anilines is 1. The highest BCUT2D eigenvalue weighted by Gasteiger charge is 2.24. The van der Waals surface area contributed by atoms with E-state index in [1.54, 1.807) is 0 Å². The van der Waals surface area contributed by atoms with E-state index < -0.39 is 0 Å². The Hall–Kier alpha value is -2.02. The fourth-order valence-electron chi connectivity index (χ4n) is 3.45. The first kappa shape index (κ1) is 19.7. The van der Waals surface area contributed by atoms with E-state index in [2.05, 4.69) is 70.3 Å². The normalized spacial score (nSPS) is 17.4. The Labute approximate surface area is 170 Å². The number of benzene rings is 1. The average Bonchev–Trinajstić information content (AvgIpc) is 3.30. The molecule has 1 aliphatic heterocycles. The van der Waals surface area contributed by atoms with Crippen molar-refractivity contribution >= 4 is 27.6 Å². The number of aromatic nitrogens is 2. The molecule has 2 aromatic rings. The second kappa shape index (κ2) is 9.78. The largest absolute Gasteiger partial charge is 0.368 e. The van der Waals surface area contributed by atoms with Crippen molar-refractivity contribution in [1.29, 1.82) is 0 Å². The van der Waals surface area contributed by atoms with Gasteiger partial charge in [0.05, 0.1) is 5.69 Å². The van der Waals surface area contributed by atoms with Gasteiger partial charge in [0.25, 0.3) is 0 Å². The molecule has 0 amide bonds. The van der Waals surface area contributed by atoms with Crippen LogP contribution in [-0.4, -0.2) is 48.2 Å². The maximum atomic E-state index is 4.38. The fraction of sp³-hybridized carbons (Fsp3) is 0.500. The average molecular weight is 433 g/mol. The van der Waals surface area contributed by atoms with Gasteiger partial charge in [0.15, 0.2) is 5.96 Å². The SMILES string of the molecule is CN=C(NCCCCn1ccnc1C)NC1CCN(c2ccccc2Br)C1. The van der Waals surface area contributed by atoms with Gasteiger partial charge >= 0.3 is 0 Å². The number of nitrogens with zero attached hydrogens (tertiary/aromatic N) is 4. The zero-order valence-electron chi connectivity index (χ0n) is 16.2. The predicted octanol–water partition coefficient (Wildman–Crippen LogP) is 3.18. The smallest absolute Gasteiger partial charge is 0.191 e. The number of para-hydroxylation sites is 1. The van der Waals surface area contributed by atoms with E-state index >= 15 is 0 Å². The van der Waals surface area contributed by atoms with E-state index in [-0.39, 0.29) is 0 Å². The number of guanidine groups is 1. The second-order valence-corrected chi connectivity index (χ2v) is 7.76. The third-order valence-electron chi connectivity index (χ3n) is 4.99. The van der Waals surface area contributed by atoms with Crippen LogP contribution in [-0.2, 0) is 6.54 Å². The molecule has 7 heteroatoms. The Morgan fingerprint density at radius 3 is 2.93 bits per heavy atom. The molecular formula is C20H29BrN6. The highest BCUT2D eigenvalue weighted by Crippen LogP contribution is 2.28. The molecule has 1 saturated heterocycles. The third-order valence-corrected chi connectivity index (χ3v) is 5.66. The minimum absolute atomic E-state index is 0.414. The zero-order valence-corrected chi connectivity index (χ0v) is 17.7. The number of unbranched alkanes of at least 4 members (excludes halogenated alkanes) is 1. The van der Waals surface area contributed by atoms with E-state index in [1.807, 2.05) is 26.4 Å². The van der Waals surface area contributed by atoms with E-state index in [1.165, 1.54) is 5.69 Å². The van der Waals surface area contributed by atoms with Crippen LogP contribution in [0.1, 0.15) is 25.1 Å². The molecule has 2 heterocycles. The summed E-state index contributed by atoms with van der Waals surface area (Å²) in [6.07, 6.45) is 7.24. The summed E-state index contributed by atoms with van der Waals surface area (Å²) in [6.45, 7) is 6.03. The maximum absolute atomic E-state index is 4.38. The molecule has 0 saturated carbocycles. The van der Waals surface area contributed by atoms with Crippen LogP contribution >= 0.6 is 15.9 Å². The van der Waals surface area contributed by atoms with Gasteiger partial charge in [-0.2, -0.15) is 0 Å². The lowest BCUT2D eigenvalue weighted by atomic mass is 10.2. The van der Waals surface area contributed by atoms with Gasteiger partial charge in [-0.05, 0) is 54.2 Å². The van der Waals surface area contributed by atoms with Crippen molar-refractivity contribution in [1.82, 2.24) is 20.2 Å². The van der Waals surface area contributed by atoms with Crippen molar-refractivity contribution in [2.24, 2.45) is 4.99 Å². The van der Waals surface area contributed by atoms with Gasteiger partial charge in [0.2, 0.25) is 0 Å². The number of aliphatic imine (C=N–C) groups is 1. The molecule has 0 radical (unpaired) electrons. The van der Waals surface area contributed by atoms with Crippen molar-refractivity contribution in [2.45, 2.75) is 38.8 Å². The molecule has 1 atom stereocenters. The van der Waals surface area contributed by atoms with Crippen LogP contribution in [0.5, 0.6) is 0 Å². The lowest BCUT2D eigenvalue weighted by Gasteiger charge is -2.21. The molecule has 146 valence electrons. The van der Waals surface area contributed by atoms with Gasteiger partial charge < -0.3 is 20.1 Å². The fourth-order valence-corrected chi connectivity index (χ4v) is 3.98. The van der Waals surface area contributed by atoms with Gasteiger partial charge in [0, 0.05) is 56.1 Å². The summed E-state index contributed by atoms with van der Waals surface area (Å²) in [5.41, 5.74) is 1.26. The first-order valence-corrected chi connectivity index (χ1v) is 10.4. The lowest BCUT2D eigenvalue weighted by molar-refractivity contribution is 0.583. The second-order valence-electron chi connectivity index (χ2n) is 6.90. The van der Waals surface area contributed by atoms with Crippen LogP contribution < -0.4 is 15.5 Å². The molecule has 27 heavy (non-hydrogen) atoms. The molecule has 0 bridgehead atoms. The summed E-state index contributed by atoms with van der Waals surface area (Å²) >= 11 is 3.65.